The SMILES string of the molecule is CCCCCCCCCCC(=O)O[C@H](COC(=O)CCCCCCC)COP(=O)(O)OC[C@H](O)COP(=O)(O)OC[C@@H](COC(=O)CCCCCCCCC(C)C)OC(=O)CCCCCCCCCCCC(C)C. The summed E-state index contributed by atoms with van der Waals surface area (Å²) in [6, 6.07) is 0. The molecule has 0 radical (unpaired) electrons. The topological polar surface area (TPSA) is 237 Å². The van der Waals surface area contributed by atoms with E-state index in [0.717, 1.165) is 115 Å². The Morgan fingerprint density at radius 1 is 0.365 bits per heavy atom. The van der Waals surface area contributed by atoms with Crippen LogP contribution >= 0.6 is 15.6 Å². The number of rotatable bonds is 54. The summed E-state index contributed by atoms with van der Waals surface area (Å²) in [4.78, 5) is 71.4. The highest BCUT2D eigenvalue weighted by molar-refractivity contribution is 7.47. The van der Waals surface area contributed by atoms with Crippen molar-refractivity contribution in [1.82, 2.24) is 0 Å². The molecule has 0 spiro atoms. The molecule has 17 nitrogen and oxygen atoms in total. The highest BCUT2D eigenvalue weighted by Crippen LogP contribution is 2.45. The van der Waals surface area contributed by atoms with Crippen LogP contribution < -0.4 is 0 Å². The molecule has 74 heavy (non-hydrogen) atoms. The lowest BCUT2D eigenvalue weighted by Crippen LogP contribution is -2.30. The maximum Gasteiger partial charge on any atom is 0.472 e. The zero-order chi connectivity index (χ0) is 55.1. The van der Waals surface area contributed by atoms with Gasteiger partial charge in [0.2, 0.25) is 0 Å². The van der Waals surface area contributed by atoms with E-state index in [1.165, 1.54) is 57.8 Å². The van der Waals surface area contributed by atoms with E-state index in [0.29, 0.717) is 31.6 Å². The number of phosphoric ester groups is 2. The summed E-state index contributed by atoms with van der Waals surface area (Å²) in [6.45, 7) is 9.19. The van der Waals surface area contributed by atoms with Crippen molar-refractivity contribution in [3.8, 4) is 0 Å². The van der Waals surface area contributed by atoms with Crippen LogP contribution in [0.25, 0.3) is 0 Å². The van der Waals surface area contributed by atoms with Gasteiger partial charge in [0, 0.05) is 25.7 Å². The number of carbonyl (C=O) groups is 4. The van der Waals surface area contributed by atoms with E-state index in [2.05, 4.69) is 41.5 Å². The lowest BCUT2D eigenvalue weighted by molar-refractivity contribution is -0.161. The second kappa shape index (κ2) is 48.2. The average molecular weight is 1100 g/mol. The molecule has 0 aliphatic heterocycles. The molecule has 0 heterocycles. The fourth-order valence-electron chi connectivity index (χ4n) is 7.94. The third kappa shape index (κ3) is 49.6. The van der Waals surface area contributed by atoms with Crippen LogP contribution in [0.15, 0.2) is 0 Å². The number of ether oxygens (including phenoxy) is 4. The molecule has 0 fully saturated rings. The fraction of sp³-hybridized carbons (Fsp3) is 0.927. The lowest BCUT2D eigenvalue weighted by atomic mass is 10.0. The number of esters is 4. The molecule has 0 saturated heterocycles. The van der Waals surface area contributed by atoms with E-state index < -0.39 is 97.5 Å². The van der Waals surface area contributed by atoms with Gasteiger partial charge in [-0.05, 0) is 37.5 Å². The van der Waals surface area contributed by atoms with Gasteiger partial charge in [-0.15, -0.1) is 0 Å². The van der Waals surface area contributed by atoms with Gasteiger partial charge in [-0.1, -0.05) is 208 Å². The highest BCUT2D eigenvalue weighted by atomic mass is 31.2. The van der Waals surface area contributed by atoms with E-state index in [-0.39, 0.29) is 25.7 Å². The van der Waals surface area contributed by atoms with Crippen molar-refractivity contribution < 1.29 is 80.2 Å². The molecule has 0 aliphatic rings. The Bertz CT molecular complexity index is 1480. The van der Waals surface area contributed by atoms with Gasteiger partial charge in [0.1, 0.15) is 19.3 Å². The predicted molar refractivity (Wildman–Crippen MR) is 289 cm³/mol. The highest BCUT2D eigenvalue weighted by Gasteiger charge is 2.30. The van der Waals surface area contributed by atoms with Crippen LogP contribution in [0.1, 0.15) is 260 Å². The standard InChI is InChI=1S/C55H106O17P2/c1-7-9-11-13-14-19-27-33-39-54(59)71-50(43-65-52(57)37-31-23-12-10-8-2)45-69-73(61,62)67-41-49(56)42-68-74(63,64)70-46-51(44-66-53(58)38-32-26-22-21-25-30-36-48(5)6)72-55(60)40-34-28-20-17-15-16-18-24-29-35-47(3)4/h47-51,56H,7-46H2,1-6H3,(H,61,62)(H,63,64)/t49-,50+,51+/m0/s1. The molecule has 438 valence electrons. The fourth-order valence-corrected chi connectivity index (χ4v) is 9.52. The van der Waals surface area contributed by atoms with Crippen LogP contribution in [0.4, 0.5) is 0 Å². The number of aliphatic hydroxyl groups is 1. The van der Waals surface area contributed by atoms with Crippen LogP contribution in [0, 0.1) is 11.8 Å². The van der Waals surface area contributed by atoms with Crippen LogP contribution in [-0.2, 0) is 65.4 Å². The van der Waals surface area contributed by atoms with E-state index in [4.69, 9.17) is 37.0 Å². The molecule has 5 atom stereocenters. The minimum absolute atomic E-state index is 0.103. The van der Waals surface area contributed by atoms with Crippen LogP contribution in [0.3, 0.4) is 0 Å². The molecule has 0 aliphatic carbocycles. The van der Waals surface area contributed by atoms with Gasteiger partial charge >= 0.3 is 39.5 Å². The summed E-state index contributed by atoms with van der Waals surface area (Å²) in [5.74, 6) is -0.747. The zero-order valence-corrected chi connectivity index (χ0v) is 48.9. The van der Waals surface area contributed by atoms with E-state index in [9.17, 15) is 43.2 Å². The molecule has 0 bridgehead atoms. The monoisotopic (exact) mass is 1100 g/mol. The summed E-state index contributed by atoms with van der Waals surface area (Å²) in [6.07, 6.45) is 27.2. The molecule has 19 heteroatoms. The zero-order valence-electron chi connectivity index (χ0n) is 47.1. The smallest absolute Gasteiger partial charge is 0.462 e. The van der Waals surface area contributed by atoms with Crippen molar-refractivity contribution in [3.63, 3.8) is 0 Å². The number of phosphoric acid groups is 2. The van der Waals surface area contributed by atoms with Crippen LogP contribution in [0.5, 0.6) is 0 Å². The van der Waals surface area contributed by atoms with Crippen molar-refractivity contribution >= 4 is 39.5 Å². The van der Waals surface area contributed by atoms with Gasteiger partial charge in [-0.3, -0.25) is 37.3 Å². The maximum absolute atomic E-state index is 12.9. The Balaban J connectivity index is 5.18. The summed E-state index contributed by atoms with van der Waals surface area (Å²) in [7, 11) is -9.86. The number of unbranched alkanes of at least 4 members (excludes halogenated alkanes) is 24. The first-order chi connectivity index (χ1) is 35.4. The van der Waals surface area contributed by atoms with Crippen molar-refractivity contribution in [3.05, 3.63) is 0 Å². The molecule has 0 saturated carbocycles. The minimum Gasteiger partial charge on any atom is -0.462 e. The second-order valence-electron chi connectivity index (χ2n) is 20.9. The second-order valence-corrected chi connectivity index (χ2v) is 23.8. The Kier molecular flexibility index (Phi) is 46.9. The Morgan fingerprint density at radius 3 is 0.919 bits per heavy atom. The molecular formula is C55H106O17P2. The van der Waals surface area contributed by atoms with Gasteiger partial charge < -0.3 is 33.8 Å². The van der Waals surface area contributed by atoms with Crippen LogP contribution in [-0.4, -0.2) is 96.7 Å². The minimum atomic E-state index is -4.93. The largest absolute Gasteiger partial charge is 0.472 e. The maximum atomic E-state index is 12.9. The first-order valence-electron chi connectivity index (χ1n) is 29.0. The predicted octanol–water partition coefficient (Wildman–Crippen LogP) is 14.1. The molecule has 0 aromatic carbocycles. The number of aliphatic hydroxyl groups excluding tert-OH is 1. The molecule has 0 rings (SSSR count). The molecule has 2 unspecified atom stereocenters. The van der Waals surface area contributed by atoms with Gasteiger partial charge in [0.15, 0.2) is 12.2 Å². The van der Waals surface area contributed by atoms with E-state index >= 15 is 0 Å². The number of hydrogen-bond acceptors (Lipinski definition) is 15. The number of carbonyl (C=O) groups excluding carboxylic acids is 4. The molecule has 0 aromatic heterocycles. The quantitative estimate of drug-likeness (QED) is 0.0222. The van der Waals surface area contributed by atoms with E-state index in [1.54, 1.807) is 0 Å². The van der Waals surface area contributed by atoms with Crippen LogP contribution in [0.2, 0.25) is 0 Å². The normalized spacial score (nSPS) is 14.6. The van der Waals surface area contributed by atoms with Crippen molar-refractivity contribution in [2.75, 3.05) is 39.6 Å². The molecule has 3 N–H and O–H groups in total. The number of hydrogen-bond donors (Lipinski definition) is 3. The first kappa shape index (κ1) is 72.1. The Hall–Kier alpha value is -1.94. The lowest BCUT2D eigenvalue weighted by Gasteiger charge is -2.21. The molecular weight excluding hydrogens is 995 g/mol. The Morgan fingerprint density at radius 2 is 0.622 bits per heavy atom. The summed E-state index contributed by atoms with van der Waals surface area (Å²) in [5.41, 5.74) is 0. The Labute approximate surface area is 447 Å². The first-order valence-corrected chi connectivity index (χ1v) is 32.0. The van der Waals surface area contributed by atoms with Gasteiger partial charge in [-0.2, -0.15) is 0 Å². The van der Waals surface area contributed by atoms with Crippen molar-refractivity contribution in [2.45, 2.75) is 278 Å². The van der Waals surface area contributed by atoms with Gasteiger partial charge in [0.25, 0.3) is 0 Å². The summed E-state index contributed by atoms with van der Waals surface area (Å²) >= 11 is 0. The molecule has 0 aromatic rings. The van der Waals surface area contributed by atoms with Gasteiger partial charge in [0.05, 0.1) is 26.4 Å². The summed E-state index contributed by atoms with van der Waals surface area (Å²) in [5, 5.41) is 10.4. The van der Waals surface area contributed by atoms with E-state index in [1.807, 2.05) is 0 Å². The summed E-state index contributed by atoms with van der Waals surface area (Å²) < 4.78 is 67.3. The van der Waals surface area contributed by atoms with Crippen molar-refractivity contribution in [2.24, 2.45) is 11.8 Å². The molecule has 0 amide bonds. The average Bonchev–Trinajstić information content (AvgIpc) is 3.35. The van der Waals surface area contributed by atoms with Gasteiger partial charge in [-0.25, -0.2) is 9.13 Å². The van der Waals surface area contributed by atoms with Crippen molar-refractivity contribution in [1.29, 1.82) is 0 Å². The third-order valence-corrected chi connectivity index (χ3v) is 14.4. The third-order valence-electron chi connectivity index (χ3n) is 12.5.